The molecule has 1 aliphatic rings. The number of hydrogen-bond acceptors (Lipinski definition) is 4. The number of carbonyl (C=O) groups excluding carboxylic acids is 1. The van der Waals surface area contributed by atoms with Gasteiger partial charge in [-0.2, -0.15) is 8.42 Å². The fourth-order valence-electron chi connectivity index (χ4n) is 1.93. The third-order valence-corrected chi connectivity index (χ3v) is 4.04. The Hall–Kier alpha value is -1.63. The van der Waals surface area contributed by atoms with Crippen molar-refractivity contribution >= 4 is 16.1 Å². The van der Waals surface area contributed by atoms with Crippen LogP contribution in [0.3, 0.4) is 0 Å². The molecule has 0 radical (unpaired) electrons. The molecule has 1 aromatic rings. The van der Waals surface area contributed by atoms with Crippen molar-refractivity contribution in [2.45, 2.75) is 18.2 Å². The predicted molar refractivity (Wildman–Crippen MR) is 62.0 cm³/mol. The molecule has 1 aromatic carbocycles. The lowest BCUT2D eigenvalue weighted by atomic mass is 10.2. The average molecular weight is 273 g/mol. The van der Waals surface area contributed by atoms with Crippen LogP contribution in [0.25, 0.3) is 0 Å². The zero-order valence-electron chi connectivity index (χ0n) is 9.41. The number of benzene rings is 1. The minimum Gasteiger partial charge on any atom is -0.508 e. The van der Waals surface area contributed by atoms with E-state index in [4.69, 9.17) is 0 Å². The summed E-state index contributed by atoms with van der Waals surface area (Å²) in [6, 6.07) is 6.43. The number of halogens is 1. The maximum atomic E-state index is 12.8. The van der Waals surface area contributed by atoms with E-state index in [1.54, 1.807) is 18.2 Å². The molecule has 0 spiro atoms. The molecule has 2 rings (SSSR count). The van der Waals surface area contributed by atoms with Crippen molar-refractivity contribution < 1.29 is 22.2 Å². The molecule has 5 nitrogen and oxygen atoms in total. The summed E-state index contributed by atoms with van der Waals surface area (Å²) in [6.07, 6.45) is -0.341. The molecule has 98 valence electrons. The van der Waals surface area contributed by atoms with Gasteiger partial charge >= 0.3 is 10.2 Å². The molecular weight excluding hydrogens is 261 g/mol. The van der Waals surface area contributed by atoms with Gasteiger partial charge in [0.15, 0.2) is 0 Å². The smallest absolute Gasteiger partial charge is 0.307 e. The van der Waals surface area contributed by atoms with Crippen molar-refractivity contribution in [2.75, 3.05) is 6.54 Å². The van der Waals surface area contributed by atoms with Crippen molar-refractivity contribution in [1.82, 2.24) is 4.90 Å². The Labute approximate surface area is 104 Å². The maximum Gasteiger partial charge on any atom is 0.307 e. The Kier molecular flexibility index (Phi) is 3.25. The number of phenols is 1. The first-order chi connectivity index (χ1) is 8.38. The van der Waals surface area contributed by atoms with Gasteiger partial charge in [-0.25, -0.2) is 0 Å². The molecule has 0 bridgehead atoms. The summed E-state index contributed by atoms with van der Waals surface area (Å²) in [5.41, 5.74) is 0.503. The van der Waals surface area contributed by atoms with Crippen LogP contribution in [0.15, 0.2) is 24.3 Å². The van der Waals surface area contributed by atoms with Crippen LogP contribution in [0.2, 0.25) is 0 Å². The molecule has 1 N–H and O–H groups in total. The van der Waals surface area contributed by atoms with E-state index >= 15 is 0 Å². The number of hydrogen-bond donors (Lipinski definition) is 1. The van der Waals surface area contributed by atoms with E-state index in [1.165, 1.54) is 11.0 Å². The summed E-state index contributed by atoms with van der Waals surface area (Å²) in [7, 11) is -4.70. The van der Waals surface area contributed by atoms with E-state index in [-0.39, 0.29) is 25.3 Å². The van der Waals surface area contributed by atoms with E-state index in [0.717, 1.165) is 0 Å². The molecule has 18 heavy (non-hydrogen) atoms. The highest BCUT2D eigenvalue weighted by Gasteiger charge is 2.38. The molecule has 1 saturated heterocycles. The minimum atomic E-state index is -4.70. The Balaban J connectivity index is 2.13. The lowest BCUT2D eigenvalue weighted by molar-refractivity contribution is -0.128. The lowest BCUT2D eigenvalue weighted by Crippen LogP contribution is -2.26. The van der Waals surface area contributed by atoms with E-state index < -0.39 is 21.4 Å². The normalized spacial score (nSPS) is 20.4. The van der Waals surface area contributed by atoms with Crippen molar-refractivity contribution in [1.29, 1.82) is 0 Å². The van der Waals surface area contributed by atoms with Crippen LogP contribution in [0.1, 0.15) is 12.0 Å². The van der Waals surface area contributed by atoms with Crippen molar-refractivity contribution in [3.05, 3.63) is 29.8 Å². The second-order valence-corrected chi connectivity index (χ2v) is 5.82. The van der Waals surface area contributed by atoms with Gasteiger partial charge in [0.2, 0.25) is 5.91 Å². The summed E-state index contributed by atoms with van der Waals surface area (Å²) in [6.45, 7) is -0.0937. The lowest BCUT2D eigenvalue weighted by Gasteiger charge is -2.16. The van der Waals surface area contributed by atoms with Gasteiger partial charge in [-0.3, -0.25) is 4.79 Å². The zero-order valence-corrected chi connectivity index (χ0v) is 10.2. The van der Waals surface area contributed by atoms with Crippen molar-refractivity contribution in [3.8, 4) is 5.75 Å². The van der Waals surface area contributed by atoms with Crippen LogP contribution >= 0.6 is 0 Å². The fourth-order valence-corrected chi connectivity index (χ4v) is 2.63. The van der Waals surface area contributed by atoms with Crippen molar-refractivity contribution in [2.24, 2.45) is 0 Å². The maximum absolute atomic E-state index is 12.8. The van der Waals surface area contributed by atoms with Gasteiger partial charge in [0.1, 0.15) is 11.0 Å². The Morgan fingerprint density at radius 1 is 1.39 bits per heavy atom. The quantitative estimate of drug-likeness (QED) is 0.826. The molecule has 1 atom stereocenters. The van der Waals surface area contributed by atoms with Crippen LogP contribution in [0.4, 0.5) is 3.89 Å². The third-order valence-electron chi connectivity index (χ3n) is 2.93. The number of aromatic hydroxyl groups is 1. The monoisotopic (exact) mass is 273 g/mol. The van der Waals surface area contributed by atoms with Crippen molar-refractivity contribution in [3.63, 3.8) is 0 Å². The van der Waals surface area contributed by atoms with E-state index in [9.17, 15) is 22.2 Å². The molecule has 1 fully saturated rings. The topological polar surface area (TPSA) is 74.7 Å². The Bertz CT molecular complexity index is 572. The Morgan fingerprint density at radius 3 is 2.61 bits per heavy atom. The SMILES string of the molecule is O=C1CC(S(=O)(=O)F)CN1Cc1ccccc1O. The molecule has 0 aromatic heterocycles. The second kappa shape index (κ2) is 4.56. The fraction of sp³-hybridized carbons (Fsp3) is 0.364. The number of phenolic OH excluding ortho intramolecular Hbond substituents is 1. The number of likely N-dealkylation sites (tertiary alicyclic amines) is 1. The highest BCUT2D eigenvalue weighted by Crippen LogP contribution is 2.24. The number of nitrogens with zero attached hydrogens (tertiary/aromatic N) is 1. The van der Waals surface area contributed by atoms with Crippen LogP contribution in [-0.4, -0.2) is 36.1 Å². The van der Waals surface area contributed by atoms with E-state index in [0.29, 0.717) is 5.56 Å². The van der Waals surface area contributed by atoms with Gasteiger partial charge in [0.05, 0.1) is 0 Å². The molecule has 1 amide bonds. The van der Waals surface area contributed by atoms with E-state index in [1.807, 2.05) is 0 Å². The van der Waals surface area contributed by atoms with Crippen LogP contribution in [0, 0.1) is 0 Å². The number of amides is 1. The Morgan fingerprint density at radius 2 is 2.06 bits per heavy atom. The van der Waals surface area contributed by atoms with Gasteiger partial charge in [-0.15, -0.1) is 3.89 Å². The summed E-state index contributed by atoms with van der Waals surface area (Å²) < 4.78 is 34.3. The molecular formula is C11H12FNO4S. The number of carbonyl (C=O) groups is 1. The first-order valence-corrected chi connectivity index (χ1v) is 6.80. The van der Waals surface area contributed by atoms with Crippen LogP contribution in [-0.2, 0) is 21.6 Å². The number of rotatable bonds is 3. The van der Waals surface area contributed by atoms with Crippen LogP contribution < -0.4 is 0 Å². The molecule has 1 unspecified atom stereocenters. The molecule has 0 aliphatic carbocycles. The molecule has 1 aliphatic heterocycles. The summed E-state index contributed by atoms with van der Waals surface area (Å²) >= 11 is 0. The first-order valence-electron chi connectivity index (χ1n) is 5.36. The standard InChI is InChI=1S/C11H12FNO4S/c12-18(16,17)9-5-11(15)13(7-9)6-8-3-1-2-4-10(8)14/h1-4,9,14H,5-7H2. The first kappa shape index (κ1) is 12.8. The molecule has 0 saturated carbocycles. The zero-order chi connectivity index (χ0) is 13.3. The van der Waals surface area contributed by atoms with Gasteiger partial charge in [-0.05, 0) is 6.07 Å². The largest absolute Gasteiger partial charge is 0.508 e. The highest BCUT2D eigenvalue weighted by molar-refractivity contribution is 7.87. The van der Waals surface area contributed by atoms with Gasteiger partial charge in [0.25, 0.3) is 0 Å². The van der Waals surface area contributed by atoms with Gasteiger partial charge in [0, 0.05) is 25.1 Å². The highest BCUT2D eigenvalue weighted by atomic mass is 32.3. The summed E-state index contributed by atoms with van der Waals surface area (Å²) in [4.78, 5) is 12.8. The minimum absolute atomic E-state index is 0.0249. The van der Waals surface area contributed by atoms with Crippen LogP contribution in [0.5, 0.6) is 5.75 Å². The average Bonchev–Trinajstić information content (AvgIpc) is 2.63. The summed E-state index contributed by atoms with van der Waals surface area (Å²) in [5.74, 6) is -0.402. The number of para-hydroxylation sites is 1. The van der Waals surface area contributed by atoms with E-state index in [2.05, 4.69) is 0 Å². The van der Waals surface area contributed by atoms with Gasteiger partial charge < -0.3 is 10.0 Å². The second-order valence-electron chi connectivity index (χ2n) is 4.20. The molecule has 1 heterocycles. The summed E-state index contributed by atoms with van der Waals surface area (Å²) in [5, 5.41) is 8.26. The third kappa shape index (κ3) is 2.61. The molecule has 7 heteroatoms. The predicted octanol–water partition coefficient (Wildman–Crippen LogP) is 0.792. The van der Waals surface area contributed by atoms with Gasteiger partial charge in [-0.1, -0.05) is 18.2 Å².